The summed E-state index contributed by atoms with van der Waals surface area (Å²) < 4.78 is 0. The van der Waals surface area contributed by atoms with Gasteiger partial charge in [-0.2, -0.15) is 0 Å². The summed E-state index contributed by atoms with van der Waals surface area (Å²) in [7, 11) is 0. The Morgan fingerprint density at radius 3 is 2.69 bits per heavy atom. The number of thiophene rings is 1. The number of likely N-dealkylation sites (tertiary alicyclic amines) is 1. The molecule has 1 aliphatic carbocycles. The van der Waals surface area contributed by atoms with E-state index in [0.29, 0.717) is 12.6 Å². The SMILES string of the molecule is CC(=O)N1CC=C(c2cc(C(=O)N3CCCC4CCCCC43)cs2)CC1. The first kappa shape index (κ1) is 17.8. The van der Waals surface area contributed by atoms with Crippen LogP contribution in [-0.4, -0.2) is 47.3 Å². The second kappa shape index (κ2) is 7.55. The number of fused-ring (bicyclic) bond motifs is 1. The van der Waals surface area contributed by atoms with Crippen LogP contribution in [0.15, 0.2) is 17.5 Å². The molecule has 0 spiro atoms. The molecule has 2 unspecified atom stereocenters. The summed E-state index contributed by atoms with van der Waals surface area (Å²) in [6.45, 7) is 4.00. The summed E-state index contributed by atoms with van der Waals surface area (Å²) in [5.74, 6) is 1.08. The molecule has 2 fully saturated rings. The van der Waals surface area contributed by atoms with Crippen molar-refractivity contribution in [2.75, 3.05) is 19.6 Å². The van der Waals surface area contributed by atoms with Gasteiger partial charge in [-0.1, -0.05) is 18.9 Å². The highest BCUT2D eigenvalue weighted by Crippen LogP contribution is 2.37. The van der Waals surface area contributed by atoms with Gasteiger partial charge in [-0.05, 0) is 49.7 Å². The van der Waals surface area contributed by atoms with Gasteiger partial charge in [0.2, 0.25) is 5.91 Å². The lowest BCUT2D eigenvalue weighted by molar-refractivity contribution is -0.128. The minimum atomic E-state index is 0.134. The van der Waals surface area contributed by atoms with E-state index in [4.69, 9.17) is 0 Å². The summed E-state index contributed by atoms with van der Waals surface area (Å²) in [6, 6.07) is 2.54. The fourth-order valence-electron chi connectivity index (χ4n) is 4.84. The van der Waals surface area contributed by atoms with Crippen LogP contribution in [0.1, 0.15) is 67.1 Å². The molecule has 2 amide bonds. The Balaban J connectivity index is 1.47. The number of hydrogen-bond acceptors (Lipinski definition) is 3. The first-order valence-corrected chi connectivity index (χ1v) is 10.9. The highest BCUT2D eigenvalue weighted by Gasteiger charge is 2.36. The topological polar surface area (TPSA) is 40.6 Å². The Bertz CT molecular complexity index is 721. The van der Waals surface area contributed by atoms with E-state index in [1.54, 1.807) is 18.3 Å². The van der Waals surface area contributed by atoms with E-state index in [1.807, 2.05) is 10.3 Å². The molecule has 1 saturated heterocycles. The zero-order valence-corrected chi connectivity index (χ0v) is 16.4. The van der Waals surface area contributed by atoms with E-state index in [-0.39, 0.29) is 11.8 Å². The Hall–Kier alpha value is -1.62. The number of amides is 2. The van der Waals surface area contributed by atoms with Crippen molar-refractivity contribution in [1.82, 2.24) is 9.80 Å². The van der Waals surface area contributed by atoms with Crippen molar-refractivity contribution in [2.45, 2.75) is 57.9 Å². The lowest BCUT2D eigenvalue weighted by Crippen LogP contribution is -2.49. The van der Waals surface area contributed by atoms with E-state index >= 15 is 0 Å². The van der Waals surface area contributed by atoms with Crippen molar-refractivity contribution < 1.29 is 9.59 Å². The number of carbonyl (C=O) groups is 2. The Kier molecular flexibility index (Phi) is 5.16. The molecule has 140 valence electrons. The Labute approximate surface area is 159 Å². The number of piperidine rings is 1. The van der Waals surface area contributed by atoms with E-state index in [9.17, 15) is 9.59 Å². The molecule has 5 heteroatoms. The van der Waals surface area contributed by atoms with Gasteiger partial charge in [0, 0.05) is 42.9 Å². The number of nitrogens with zero attached hydrogens (tertiary/aromatic N) is 2. The molecule has 1 aromatic rings. The Morgan fingerprint density at radius 2 is 1.92 bits per heavy atom. The molecular formula is C21H28N2O2S. The maximum Gasteiger partial charge on any atom is 0.254 e. The van der Waals surface area contributed by atoms with Crippen molar-refractivity contribution in [3.05, 3.63) is 28.0 Å². The zero-order valence-electron chi connectivity index (χ0n) is 15.6. The van der Waals surface area contributed by atoms with Crippen molar-refractivity contribution in [3.63, 3.8) is 0 Å². The van der Waals surface area contributed by atoms with Gasteiger partial charge in [-0.3, -0.25) is 9.59 Å². The second-order valence-electron chi connectivity index (χ2n) is 7.90. The maximum absolute atomic E-state index is 13.2. The van der Waals surface area contributed by atoms with Gasteiger partial charge in [0.05, 0.1) is 5.56 Å². The zero-order chi connectivity index (χ0) is 18.1. The summed E-state index contributed by atoms with van der Waals surface area (Å²) in [4.78, 5) is 29.8. The minimum absolute atomic E-state index is 0.134. The molecule has 3 aliphatic rings. The molecule has 0 aromatic carbocycles. The third kappa shape index (κ3) is 3.46. The van der Waals surface area contributed by atoms with Crippen LogP contribution in [0.3, 0.4) is 0 Å². The minimum Gasteiger partial charge on any atom is -0.339 e. The second-order valence-corrected chi connectivity index (χ2v) is 8.81. The molecular weight excluding hydrogens is 344 g/mol. The number of carbonyl (C=O) groups excluding carboxylic acids is 2. The molecule has 2 atom stereocenters. The summed E-state index contributed by atoms with van der Waals surface area (Å²) in [5.41, 5.74) is 2.13. The van der Waals surface area contributed by atoms with Crippen LogP contribution >= 0.6 is 11.3 Å². The maximum atomic E-state index is 13.2. The van der Waals surface area contributed by atoms with Crippen LogP contribution in [0.2, 0.25) is 0 Å². The summed E-state index contributed by atoms with van der Waals surface area (Å²) in [5, 5.41) is 2.03. The fourth-order valence-corrected chi connectivity index (χ4v) is 5.79. The van der Waals surface area contributed by atoms with Gasteiger partial charge in [0.25, 0.3) is 5.91 Å². The first-order chi connectivity index (χ1) is 12.6. The third-order valence-electron chi connectivity index (χ3n) is 6.32. The van der Waals surface area contributed by atoms with E-state index in [2.05, 4.69) is 17.0 Å². The highest BCUT2D eigenvalue weighted by atomic mass is 32.1. The summed E-state index contributed by atoms with van der Waals surface area (Å²) in [6.07, 6.45) is 10.5. The van der Waals surface area contributed by atoms with Gasteiger partial charge in [-0.25, -0.2) is 0 Å². The van der Waals surface area contributed by atoms with Crippen molar-refractivity contribution in [3.8, 4) is 0 Å². The third-order valence-corrected chi connectivity index (χ3v) is 7.33. The molecule has 4 rings (SSSR count). The largest absolute Gasteiger partial charge is 0.339 e. The number of rotatable bonds is 2. The molecule has 3 heterocycles. The van der Waals surface area contributed by atoms with Crippen LogP contribution in [0.5, 0.6) is 0 Å². The van der Waals surface area contributed by atoms with Gasteiger partial charge in [0.15, 0.2) is 0 Å². The molecule has 0 bridgehead atoms. The van der Waals surface area contributed by atoms with Crippen LogP contribution < -0.4 is 0 Å². The standard InChI is InChI=1S/C21H28N2O2S/c1-15(24)22-11-8-17(9-12-22)20-13-18(14-26-20)21(25)23-10-4-6-16-5-2-3-7-19(16)23/h8,13-14,16,19H,2-7,9-12H2,1H3. The van der Waals surface area contributed by atoms with Crippen LogP contribution in [-0.2, 0) is 4.79 Å². The van der Waals surface area contributed by atoms with Crippen molar-refractivity contribution in [1.29, 1.82) is 0 Å². The van der Waals surface area contributed by atoms with Crippen LogP contribution in [0.25, 0.3) is 5.57 Å². The molecule has 1 saturated carbocycles. The smallest absolute Gasteiger partial charge is 0.254 e. The van der Waals surface area contributed by atoms with E-state index < -0.39 is 0 Å². The van der Waals surface area contributed by atoms with Gasteiger partial charge >= 0.3 is 0 Å². The molecule has 26 heavy (non-hydrogen) atoms. The van der Waals surface area contributed by atoms with Crippen molar-refractivity contribution >= 4 is 28.7 Å². The molecule has 1 aromatic heterocycles. The molecule has 0 N–H and O–H groups in total. The fraction of sp³-hybridized carbons (Fsp3) is 0.619. The van der Waals surface area contributed by atoms with E-state index in [0.717, 1.165) is 37.4 Å². The lowest BCUT2D eigenvalue weighted by atomic mass is 9.78. The van der Waals surface area contributed by atoms with Crippen molar-refractivity contribution in [2.24, 2.45) is 5.92 Å². The Morgan fingerprint density at radius 1 is 1.12 bits per heavy atom. The molecule has 2 aliphatic heterocycles. The monoisotopic (exact) mass is 372 g/mol. The van der Waals surface area contributed by atoms with Crippen LogP contribution in [0, 0.1) is 5.92 Å². The van der Waals surface area contributed by atoms with Gasteiger partial charge < -0.3 is 9.80 Å². The van der Waals surface area contributed by atoms with E-state index in [1.165, 1.54) is 42.6 Å². The number of hydrogen-bond donors (Lipinski definition) is 0. The molecule has 0 radical (unpaired) electrons. The summed E-state index contributed by atoms with van der Waals surface area (Å²) >= 11 is 1.67. The average molecular weight is 373 g/mol. The average Bonchev–Trinajstić information content (AvgIpc) is 3.17. The quantitative estimate of drug-likeness (QED) is 0.781. The van der Waals surface area contributed by atoms with Gasteiger partial charge in [-0.15, -0.1) is 11.3 Å². The predicted octanol–water partition coefficient (Wildman–Crippen LogP) is 4.18. The predicted molar refractivity (Wildman–Crippen MR) is 105 cm³/mol. The lowest BCUT2D eigenvalue weighted by Gasteiger charge is -2.44. The highest BCUT2D eigenvalue weighted by molar-refractivity contribution is 7.11. The van der Waals surface area contributed by atoms with Crippen LogP contribution in [0.4, 0.5) is 0 Å². The normalized spacial score (nSPS) is 26.3. The molecule has 4 nitrogen and oxygen atoms in total. The van der Waals surface area contributed by atoms with Gasteiger partial charge in [0.1, 0.15) is 0 Å². The first-order valence-electron chi connectivity index (χ1n) is 9.98.